The molecule has 3 rings (SSSR count). The Labute approximate surface area is 173 Å². The van der Waals surface area contributed by atoms with E-state index in [0.29, 0.717) is 49.5 Å². The Balaban J connectivity index is 1.56. The number of carbonyl (C=O) groups excluding carboxylic acids is 1. The summed E-state index contributed by atoms with van der Waals surface area (Å²) in [5.41, 5.74) is 2.27. The van der Waals surface area contributed by atoms with E-state index in [-0.39, 0.29) is 12.3 Å². The number of fused-ring (bicyclic) bond motifs is 1. The van der Waals surface area contributed by atoms with Gasteiger partial charge in [0.1, 0.15) is 11.5 Å². The normalized spacial score (nSPS) is 16.4. The number of benzene rings is 1. The van der Waals surface area contributed by atoms with Crippen molar-refractivity contribution in [3.05, 3.63) is 53.1 Å². The van der Waals surface area contributed by atoms with Crippen molar-refractivity contribution in [3.8, 4) is 11.5 Å². The van der Waals surface area contributed by atoms with Gasteiger partial charge in [0, 0.05) is 37.8 Å². The second-order valence-corrected chi connectivity index (χ2v) is 7.00. The summed E-state index contributed by atoms with van der Waals surface area (Å²) in [6, 6.07) is 8.86. The summed E-state index contributed by atoms with van der Waals surface area (Å²) < 4.78 is 11.8. The number of amides is 1. The van der Waals surface area contributed by atoms with Crippen molar-refractivity contribution < 1.29 is 29.4 Å². The summed E-state index contributed by atoms with van der Waals surface area (Å²) in [6.07, 6.45) is 2.32. The highest BCUT2D eigenvalue weighted by Gasteiger charge is 2.26. The molecule has 1 aromatic heterocycles. The first-order chi connectivity index (χ1) is 14.5. The molecular weight excluding hydrogens is 390 g/mol. The maximum atomic E-state index is 12.1. The van der Waals surface area contributed by atoms with Crippen molar-refractivity contribution in [2.24, 2.45) is 10.9 Å². The molecule has 3 N–H and O–H groups in total. The van der Waals surface area contributed by atoms with E-state index in [1.165, 1.54) is 6.20 Å². The van der Waals surface area contributed by atoms with Gasteiger partial charge in [-0.1, -0.05) is 6.07 Å². The molecule has 2 aromatic rings. The highest BCUT2D eigenvalue weighted by Crippen LogP contribution is 2.24. The zero-order valence-electron chi connectivity index (χ0n) is 16.7. The van der Waals surface area contributed by atoms with E-state index in [4.69, 9.17) is 14.6 Å². The Kier molecular flexibility index (Phi) is 6.95. The molecule has 0 aliphatic carbocycles. The van der Waals surface area contributed by atoms with Crippen molar-refractivity contribution in [2.75, 3.05) is 20.3 Å². The third-order valence-electron chi connectivity index (χ3n) is 4.86. The summed E-state index contributed by atoms with van der Waals surface area (Å²) in [5.74, 6) is -0.500. The number of carboxylic acids is 1. The monoisotopic (exact) mass is 415 g/mol. The first kappa shape index (κ1) is 21.2. The molecule has 1 unspecified atom stereocenters. The number of hydrogen-bond donors (Lipinski definition) is 3. The molecule has 0 radical (unpaired) electrons. The number of carbonyl (C=O) groups is 2. The van der Waals surface area contributed by atoms with E-state index in [2.05, 4.69) is 10.3 Å². The number of ether oxygens (including phenoxy) is 2. The number of carboxylic acid groups (broad SMARTS) is 1. The molecule has 30 heavy (non-hydrogen) atoms. The van der Waals surface area contributed by atoms with Crippen LogP contribution in [0.2, 0.25) is 0 Å². The van der Waals surface area contributed by atoms with E-state index in [0.717, 1.165) is 15.9 Å². The van der Waals surface area contributed by atoms with Gasteiger partial charge in [0.05, 0.1) is 26.1 Å². The SMILES string of the molecule is COc1ccn(O)c(=NCCCOc2ccc3c(c2)CNC(=O)C(CC(=O)O)C3)c1. The summed E-state index contributed by atoms with van der Waals surface area (Å²) in [5, 5.41) is 21.5. The van der Waals surface area contributed by atoms with Gasteiger partial charge in [0.15, 0.2) is 5.49 Å². The van der Waals surface area contributed by atoms with Crippen LogP contribution in [0.5, 0.6) is 11.5 Å². The van der Waals surface area contributed by atoms with E-state index < -0.39 is 11.9 Å². The summed E-state index contributed by atoms with van der Waals surface area (Å²) in [7, 11) is 1.55. The van der Waals surface area contributed by atoms with Gasteiger partial charge in [-0.05, 0) is 29.7 Å². The highest BCUT2D eigenvalue weighted by molar-refractivity contribution is 5.84. The molecule has 9 heteroatoms. The van der Waals surface area contributed by atoms with Gasteiger partial charge in [-0.25, -0.2) is 0 Å². The van der Waals surface area contributed by atoms with Crippen molar-refractivity contribution in [3.63, 3.8) is 0 Å². The average Bonchev–Trinajstić information content (AvgIpc) is 2.87. The Bertz CT molecular complexity index is 985. The Morgan fingerprint density at radius 2 is 2.10 bits per heavy atom. The fourth-order valence-corrected chi connectivity index (χ4v) is 3.27. The van der Waals surface area contributed by atoms with Crippen LogP contribution in [0, 0.1) is 5.92 Å². The number of aromatic nitrogens is 1. The van der Waals surface area contributed by atoms with Gasteiger partial charge in [-0.2, -0.15) is 4.73 Å². The molecule has 9 nitrogen and oxygen atoms in total. The first-order valence-corrected chi connectivity index (χ1v) is 9.67. The molecular formula is C21H25N3O6. The van der Waals surface area contributed by atoms with Gasteiger partial charge < -0.3 is 25.1 Å². The predicted molar refractivity (Wildman–Crippen MR) is 106 cm³/mol. The second-order valence-electron chi connectivity index (χ2n) is 7.00. The number of aliphatic carboxylic acids is 1. The minimum atomic E-state index is -0.982. The molecule has 0 spiro atoms. The van der Waals surface area contributed by atoms with Crippen molar-refractivity contribution in [2.45, 2.75) is 25.8 Å². The molecule has 160 valence electrons. The van der Waals surface area contributed by atoms with Gasteiger partial charge in [0.25, 0.3) is 0 Å². The van der Waals surface area contributed by atoms with E-state index >= 15 is 0 Å². The number of nitrogens with one attached hydrogen (secondary N) is 1. The minimum absolute atomic E-state index is 0.186. The van der Waals surface area contributed by atoms with Gasteiger partial charge in [-0.3, -0.25) is 14.6 Å². The number of methoxy groups -OCH3 is 1. The lowest BCUT2D eigenvalue weighted by Gasteiger charge is -2.11. The van der Waals surface area contributed by atoms with Crippen LogP contribution in [0.4, 0.5) is 0 Å². The predicted octanol–water partition coefficient (Wildman–Crippen LogP) is 1.37. The summed E-state index contributed by atoms with van der Waals surface area (Å²) >= 11 is 0. The largest absolute Gasteiger partial charge is 0.497 e. The fraction of sp³-hybridized carbons (Fsp3) is 0.381. The summed E-state index contributed by atoms with van der Waals surface area (Å²) in [6.45, 7) is 1.25. The van der Waals surface area contributed by atoms with Crippen LogP contribution in [0.25, 0.3) is 0 Å². The third-order valence-corrected chi connectivity index (χ3v) is 4.86. The zero-order valence-corrected chi connectivity index (χ0v) is 16.7. The van der Waals surface area contributed by atoms with Crippen LogP contribution in [0.15, 0.2) is 41.5 Å². The van der Waals surface area contributed by atoms with Gasteiger partial charge in [0.2, 0.25) is 5.91 Å². The van der Waals surface area contributed by atoms with Gasteiger partial charge in [-0.15, -0.1) is 0 Å². The number of pyridine rings is 1. The average molecular weight is 415 g/mol. The Morgan fingerprint density at radius 1 is 1.27 bits per heavy atom. The first-order valence-electron chi connectivity index (χ1n) is 9.67. The molecule has 1 aliphatic heterocycles. The Hall–Kier alpha value is -3.49. The van der Waals surface area contributed by atoms with Gasteiger partial charge >= 0.3 is 5.97 Å². The molecule has 1 atom stereocenters. The van der Waals surface area contributed by atoms with Crippen LogP contribution in [-0.4, -0.2) is 47.2 Å². The van der Waals surface area contributed by atoms with Crippen LogP contribution >= 0.6 is 0 Å². The number of hydrogen-bond acceptors (Lipinski definition) is 6. The Morgan fingerprint density at radius 3 is 2.87 bits per heavy atom. The van der Waals surface area contributed by atoms with E-state index in [1.54, 1.807) is 19.2 Å². The maximum Gasteiger partial charge on any atom is 0.304 e. The molecule has 0 fully saturated rings. The molecule has 0 saturated carbocycles. The quantitative estimate of drug-likeness (QED) is 0.442. The third kappa shape index (κ3) is 5.53. The molecule has 1 aliphatic rings. The topological polar surface area (TPSA) is 122 Å². The number of rotatable bonds is 8. The maximum absolute atomic E-state index is 12.1. The number of nitrogens with zero attached hydrogens (tertiary/aromatic N) is 2. The smallest absolute Gasteiger partial charge is 0.304 e. The lowest BCUT2D eigenvalue weighted by atomic mass is 9.94. The van der Waals surface area contributed by atoms with E-state index in [9.17, 15) is 14.8 Å². The fourth-order valence-electron chi connectivity index (χ4n) is 3.27. The molecule has 0 saturated heterocycles. The molecule has 2 heterocycles. The molecule has 0 bridgehead atoms. The van der Waals surface area contributed by atoms with Crippen molar-refractivity contribution in [1.82, 2.24) is 10.0 Å². The van der Waals surface area contributed by atoms with Crippen LogP contribution in [-0.2, 0) is 22.6 Å². The van der Waals surface area contributed by atoms with Crippen LogP contribution < -0.4 is 20.3 Å². The van der Waals surface area contributed by atoms with Crippen molar-refractivity contribution in [1.29, 1.82) is 0 Å². The van der Waals surface area contributed by atoms with E-state index in [1.807, 2.05) is 18.2 Å². The molecule has 1 aromatic carbocycles. The summed E-state index contributed by atoms with van der Waals surface area (Å²) in [4.78, 5) is 27.4. The van der Waals surface area contributed by atoms with Crippen LogP contribution in [0.1, 0.15) is 24.0 Å². The second kappa shape index (κ2) is 9.82. The zero-order chi connectivity index (χ0) is 21.5. The minimum Gasteiger partial charge on any atom is -0.497 e. The van der Waals surface area contributed by atoms with Crippen LogP contribution in [0.3, 0.4) is 0 Å². The highest BCUT2D eigenvalue weighted by atomic mass is 16.5. The molecule has 1 amide bonds. The van der Waals surface area contributed by atoms with Crippen molar-refractivity contribution >= 4 is 11.9 Å². The standard InChI is InChI=1S/C21H25N3O6/c1-29-17-5-7-24(28)19(12-17)22-6-2-8-30-18-4-3-14-9-15(11-20(25)26)21(27)23-13-16(14)10-18/h3-5,7,10,12,15,28H,2,6,8-9,11,13H2,1H3,(H,23,27)(H,25,26). The lowest BCUT2D eigenvalue weighted by Crippen LogP contribution is -2.30. The lowest BCUT2D eigenvalue weighted by molar-refractivity contribution is -0.141.